The molecule has 1 aromatic carbocycles. The van der Waals surface area contributed by atoms with E-state index in [1.165, 1.54) is 19.2 Å². The number of anilines is 1. The Morgan fingerprint density at radius 1 is 1.33 bits per heavy atom. The number of benzene rings is 1. The molecule has 0 amide bonds. The van der Waals surface area contributed by atoms with Crippen LogP contribution in [-0.4, -0.2) is 39.1 Å². The highest BCUT2D eigenvalue weighted by atomic mass is 32.2. The lowest BCUT2D eigenvalue weighted by Gasteiger charge is -2.23. The molecule has 0 saturated carbocycles. The van der Waals surface area contributed by atoms with Crippen LogP contribution in [-0.2, 0) is 10.0 Å². The fraction of sp³-hybridized carbons (Fsp3) is 0.500. The van der Waals surface area contributed by atoms with E-state index in [-0.39, 0.29) is 29.3 Å². The highest BCUT2D eigenvalue weighted by molar-refractivity contribution is 7.89. The molecule has 0 unspecified atom stereocenters. The molecule has 5 nitrogen and oxygen atoms in total. The molecule has 0 fully saturated rings. The number of hydrogen-bond donors (Lipinski definition) is 1. The normalized spacial score (nSPS) is 12.7. The van der Waals surface area contributed by atoms with Gasteiger partial charge in [0, 0.05) is 6.54 Å². The van der Waals surface area contributed by atoms with Crippen LogP contribution in [0.1, 0.15) is 13.3 Å². The van der Waals surface area contributed by atoms with Gasteiger partial charge in [0.25, 0.3) is 0 Å². The molecule has 120 valence electrons. The molecule has 1 rings (SSSR count). The predicted molar refractivity (Wildman–Crippen MR) is 72.5 cm³/mol. The fourth-order valence-electron chi connectivity index (χ4n) is 1.76. The zero-order chi connectivity index (χ0) is 16.3. The highest BCUT2D eigenvalue weighted by Crippen LogP contribution is 2.28. The van der Waals surface area contributed by atoms with E-state index in [1.807, 2.05) is 0 Å². The molecule has 0 aliphatic rings. The zero-order valence-corrected chi connectivity index (χ0v) is 12.5. The van der Waals surface area contributed by atoms with Crippen LogP contribution in [0.5, 0.6) is 5.75 Å². The Kier molecular flexibility index (Phi) is 5.46. The summed E-state index contributed by atoms with van der Waals surface area (Å²) in [6.07, 6.45) is -4.35. The smallest absolute Gasteiger partial charge is 0.402 e. The van der Waals surface area contributed by atoms with Crippen molar-refractivity contribution >= 4 is 15.7 Å². The second-order valence-electron chi connectivity index (χ2n) is 4.36. The van der Waals surface area contributed by atoms with E-state index >= 15 is 0 Å². The van der Waals surface area contributed by atoms with Crippen molar-refractivity contribution in [2.45, 2.75) is 24.4 Å². The molecule has 0 heterocycles. The maximum absolute atomic E-state index is 12.5. The second-order valence-corrected chi connectivity index (χ2v) is 6.30. The van der Waals surface area contributed by atoms with Gasteiger partial charge in [0.15, 0.2) is 0 Å². The summed E-state index contributed by atoms with van der Waals surface area (Å²) < 4.78 is 67.4. The first-order chi connectivity index (χ1) is 9.61. The molecule has 1 aromatic rings. The maximum atomic E-state index is 12.5. The number of ether oxygens (including phenoxy) is 1. The van der Waals surface area contributed by atoms with Gasteiger partial charge in [-0.1, -0.05) is 6.92 Å². The number of nitrogens with two attached hydrogens (primary N) is 1. The topological polar surface area (TPSA) is 72.6 Å². The Morgan fingerprint density at radius 2 is 1.95 bits per heavy atom. The molecule has 0 aliphatic heterocycles. The summed E-state index contributed by atoms with van der Waals surface area (Å²) >= 11 is 0. The monoisotopic (exact) mass is 326 g/mol. The largest absolute Gasteiger partial charge is 0.495 e. The van der Waals surface area contributed by atoms with Gasteiger partial charge in [0.05, 0.1) is 17.7 Å². The average molecular weight is 326 g/mol. The minimum absolute atomic E-state index is 0.0435. The molecule has 0 bridgehead atoms. The summed E-state index contributed by atoms with van der Waals surface area (Å²) in [4.78, 5) is -0.293. The van der Waals surface area contributed by atoms with Gasteiger partial charge in [-0.2, -0.15) is 17.5 Å². The average Bonchev–Trinajstić information content (AvgIpc) is 2.36. The lowest BCUT2D eigenvalue weighted by atomic mass is 10.3. The van der Waals surface area contributed by atoms with Crippen LogP contribution >= 0.6 is 0 Å². The Morgan fingerprint density at radius 3 is 2.38 bits per heavy atom. The van der Waals surface area contributed by atoms with Gasteiger partial charge in [-0.05, 0) is 24.6 Å². The van der Waals surface area contributed by atoms with Crippen LogP contribution < -0.4 is 10.5 Å². The van der Waals surface area contributed by atoms with E-state index < -0.39 is 22.7 Å². The van der Waals surface area contributed by atoms with Gasteiger partial charge in [-0.3, -0.25) is 0 Å². The van der Waals surface area contributed by atoms with Crippen molar-refractivity contribution in [3.8, 4) is 5.75 Å². The molecule has 0 atom stereocenters. The predicted octanol–water partition coefficient (Wildman–Crippen LogP) is 2.24. The fourth-order valence-corrected chi connectivity index (χ4v) is 3.31. The summed E-state index contributed by atoms with van der Waals surface area (Å²) in [7, 11) is -2.91. The van der Waals surface area contributed by atoms with Crippen LogP contribution in [0, 0.1) is 0 Å². The number of alkyl halides is 3. The van der Waals surface area contributed by atoms with Gasteiger partial charge in [-0.25, -0.2) is 8.42 Å². The molecule has 0 aliphatic carbocycles. The van der Waals surface area contributed by atoms with Crippen molar-refractivity contribution < 1.29 is 26.3 Å². The van der Waals surface area contributed by atoms with Gasteiger partial charge in [0.2, 0.25) is 10.0 Å². The van der Waals surface area contributed by atoms with E-state index in [9.17, 15) is 21.6 Å². The summed E-state index contributed by atoms with van der Waals surface area (Å²) in [6, 6.07) is 3.57. The van der Waals surface area contributed by atoms with Crippen molar-refractivity contribution in [2.75, 3.05) is 25.9 Å². The van der Waals surface area contributed by atoms with Gasteiger partial charge >= 0.3 is 6.18 Å². The number of halogens is 3. The molecule has 0 spiro atoms. The van der Waals surface area contributed by atoms with Crippen LogP contribution in [0.3, 0.4) is 0 Å². The third-order valence-corrected chi connectivity index (χ3v) is 4.51. The number of hydrogen-bond acceptors (Lipinski definition) is 4. The Balaban J connectivity index is 3.19. The zero-order valence-electron chi connectivity index (χ0n) is 11.6. The first-order valence-corrected chi connectivity index (χ1v) is 7.56. The van der Waals surface area contributed by atoms with Crippen LogP contribution in [0.4, 0.5) is 18.9 Å². The first-order valence-electron chi connectivity index (χ1n) is 6.12. The molecule has 9 heteroatoms. The number of methoxy groups -OCH3 is 1. The molecule has 0 aromatic heterocycles. The van der Waals surface area contributed by atoms with Crippen molar-refractivity contribution in [2.24, 2.45) is 0 Å². The third kappa shape index (κ3) is 4.50. The van der Waals surface area contributed by atoms with E-state index in [4.69, 9.17) is 10.5 Å². The molecule has 0 saturated heterocycles. The van der Waals surface area contributed by atoms with Gasteiger partial charge in [0.1, 0.15) is 12.3 Å². The standard InChI is InChI=1S/C12H17F3N2O3S/c1-3-6-17(8-12(13,14)15)21(18,19)9-4-5-11(20-2)10(16)7-9/h4-5,7H,3,6,8,16H2,1-2H3. The van der Waals surface area contributed by atoms with E-state index in [0.29, 0.717) is 4.31 Å². The van der Waals surface area contributed by atoms with Crippen molar-refractivity contribution in [3.63, 3.8) is 0 Å². The van der Waals surface area contributed by atoms with E-state index in [1.54, 1.807) is 6.92 Å². The number of nitrogens with zero attached hydrogens (tertiary/aromatic N) is 1. The third-order valence-electron chi connectivity index (χ3n) is 2.67. The Hall–Kier alpha value is -1.48. The maximum Gasteiger partial charge on any atom is 0.402 e. The summed E-state index contributed by atoms with van der Waals surface area (Å²) in [5, 5.41) is 0. The quantitative estimate of drug-likeness (QED) is 0.814. The van der Waals surface area contributed by atoms with Crippen molar-refractivity contribution in [3.05, 3.63) is 18.2 Å². The summed E-state index contributed by atoms with van der Waals surface area (Å²) in [5.74, 6) is 0.256. The molecular weight excluding hydrogens is 309 g/mol. The molecule has 21 heavy (non-hydrogen) atoms. The summed E-state index contributed by atoms with van der Waals surface area (Å²) in [6.45, 7) is -0.163. The minimum atomic E-state index is -4.61. The Bertz CT molecular complexity index is 588. The van der Waals surface area contributed by atoms with Gasteiger partial charge in [-0.15, -0.1) is 0 Å². The molecular formula is C12H17F3N2O3S. The van der Waals surface area contributed by atoms with Crippen molar-refractivity contribution in [1.29, 1.82) is 0 Å². The highest BCUT2D eigenvalue weighted by Gasteiger charge is 2.36. The van der Waals surface area contributed by atoms with Gasteiger partial charge < -0.3 is 10.5 Å². The van der Waals surface area contributed by atoms with Crippen molar-refractivity contribution in [1.82, 2.24) is 4.31 Å². The minimum Gasteiger partial charge on any atom is -0.495 e. The molecule has 2 N–H and O–H groups in total. The molecule has 0 radical (unpaired) electrons. The number of nitrogen functional groups attached to an aromatic ring is 1. The Labute approximate surface area is 121 Å². The van der Waals surface area contributed by atoms with E-state index in [2.05, 4.69) is 0 Å². The van der Waals surface area contributed by atoms with E-state index in [0.717, 1.165) is 6.07 Å². The van der Waals surface area contributed by atoms with Crippen LogP contribution in [0.2, 0.25) is 0 Å². The summed E-state index contributed by atoms with van der Waals surface area (Å²) in [5.41, 5.74) is 5.64. The van der Waals surface area contributed by atoms with Crippen LogP contribution in [0.15, 0.2) is 23.1 Å². The first kappa shape index (κ1) is 17.6. The second kappa shape index (κ2) is 6.52. The number of rotatable bonds is 6. The number of sulfonamides is 1. The SMILES string of the molecule is CCCN(CC(F)(F)F)S(=O)(=O)c1ccc(OC)c(N)c1. The lowest BCUT2D eigenvalue weighted by molar-refractivity contribution is -0.136. The lowest BCUT2D eigenvalue weighted by Crippen LogP contribution is -2.39. The van der Waals surface area contributed by atoms with Crippen LogP contribution in [0.25, 0.3) is 0 Å².